The summed E-state index contributed by atoms with van der Waals surface area (Å²) >= 11 is 1.77. The van der Waals surface area contributed by atoms with Gasteiger partial charge in [-0.3, -0.25) is 0 Å². The van der Waals surface area contributed by atoms with Crippen molar-refractivity contribution in [1.29, 1.82) is 0 Å². The highest BCUT2D eigenvalue weighted by Crippen LogP contribution is 2.40. The third kappa shape index (κ3) is 4.31. The number of hydrogen-bond acceptors (Lipinski definition) is 6. The van der Waals surface area contributed by atoms with Crippen LogP contribution in [-0.2, 0) is 0 Å². The van der Waals surface area contributed by atoms with E-state index >= 15 is 0 Å². The summed E-state index contributed by atoms with van der Waals surface area (Å²) in [6.45, 7) is 0. The molecule has 4 heterocycles. The molecule has 0 N–H and O–H groups in total. The predicted molar refractivity (Wildman–Crippen MR) is 197 cm³/mol. The minimum Gasteiger partial charge on any atom is -0.438 e. The second-order valence-electron chi connectivity index (χ2n) is 11.9. The molecule has 0 unspecified atom stereocenters. The number of fused-ring (bicyclic) bond motifs is 8. The lowest BCUT2D eigenvalue weighted by molar-refractivity contribution is 0.654. The maximum Gasteiger partial charge on any atom is 0.227 e. The van der Waals surface area contributed by atoms with Gasteiger partial charge < -0.3 is 4.42 Å². The fourth-order valence-electron chi connectivity index (χ4n) is 6.67. The largest absolute Gasteiger partial charge is 0.438 e. The van der Waals surface area contributed by atoms with E-state index in [4.69, 9.17) is 24.4 Å². The topological polar surface area (TPSA) is 64.7 Å². The van der Waals surface area contributed by atoms with E-state index in [0.717, 1.165) is 59.6 Å². The highest BCUT2D eigenvalue weighted by atomic mass is 32.1. The fourth-order valence-corrected chi connectivity index (χ4v) is 7.89. The number of furan rings is 1. The first-order valence-electron chi connectivity index (χ1n) is 15.8. The summed E-state index contributed by atoms with van der Waals surface area (Å²) in [6, 6.07) is 48.2. The van der Waals surface area contributed by atoms with E-state index in [0.29, 0.717) is 23.2 Å². The van der Waals surface area contributed by atoms with Gasteiger partial charge in [0, 0.05) is 53.8 Å². The molecule has 6 heteroatoms. The summed E-state index contributed by atoms with van der Waals surface area (Å²) in [5.74, 6) is 1.79. The van der Waals surface area contributed by atoms with Gasteiger partial charge in [-0.25, -0.2) is 19.9 Å². The second-order valence-corrected chi connectivity index (χ2v) is 12.9. The maximum atomic E-state index is 6.20. The van der Waals surface area contributed by atoms with Crippen molar-refractivity contribution < 1.29 is 4.42 Å². The minimum absolute atomic E-state index is 0.559. The van der Waals surface area contributed by atoms with E-state index in [1.165, 1.54) is 15.5 Å². The molecule has 224 valence electrons. The first kappa shape index (κ1) is 26.9. The Morgan fingerprint density at radius 1 is 0.479 bits per heavy atom. The maximum absolute atomic E-state index is 6.20. The Hall–Kier alpha value is -6.24. The SMILES string of the molecule is c1ccc(-c2ccc(-c3nc(-c4cnc5oc6ccc7ccccc7c6c5c4)nc(-c4cccc5c4sc4ccccc45)n3)cc2)cc1. The van der Waals surface area contributed by atoms with Gasteiger partial charge in [-0.2, -0.15) is 0 Å². The van der Waals surface area contributed by atoms with Gasteiger partial charge in [0.25, 0.3) is 0 Å². The van der Waals surface area contributed by atoms with Crippen molar-refractivity contribution in [2.24, 2.45) is 0 Å². The van der Waals surface area contributed by atoms with Gasteiger partial charge in [-0.05, 0) is 46.2 Å². The summed E-state index contributed by atoms with van der Waals surface area (Å²) in [5.41, 5.74) is 6.39. The molecule has 0 aliphatic heterocycles. The van der Waals surface area contributed by atoms with Crippen LogP contribution in [0.5, 0.6) is 0 Å². The van der Waals surface area contributed by atoms with Gasteiger partial charge in [0.15, 0.2) is 17.5 Å². The number of rotatable bonds is 4. The van der Waals surface area contributed by atoms with Crippen molar-refractivity contribution in [1.82, 2.24) is 19.9 Å². The van der Waals surface area contributed by atoms with E-state index in [9.17, 15) is 0 Å². The summed E-state index contributed by atoms with van der Waals surface area (Å²) in [5, 5.41) is 6.68. The van der Waals surface area contributed by atoms with Crippen LogP contribution in [0.25, 0.3) is 98.3 Å². The predicted octanol–water partition coefficient (Wildman–Crippen LogP) is 11.4. The average Bonchev–Trinajstić information content (AvgIpc) is 3.73. The van der Waals surface area contributed by atoms with Crippen LogP contribution in [0.2, 0.25) is 0 Å². The third-order valence-corrected chi connectivity index (χ3v) is 10.2. The van der Waals surface area contributed by atoms with Crippen LogP contribution in [0.3, 0.4) is 0 Å². The monoisotopic (exact) mass is 632 g/mol. The Bertz CT molecular complexity index is 2840. The standard InChI is InChI=1S/C42H24N4OS/c1-2-9-25(10-3-1)26-17-19-28(20-18-26)39-44-40(46-41(45-39)33-15-8-14-32-31-13-6-7-16-36(31)48-38(32)33)29-23-34-37-30-12-5-4-11-27(30)21-22-35(37)47-42(34)43-24-29/h1-24H. The zero-order valence-corrected chi connectivity index (χ0v) is 26.3. The van der Waals surface area contributed by atoms with Crippen LogP contribution in [0, 0.1) is 0 Å². The number of pyridine rings is 1. The van der Waals surface area contributed by atoms with Crippen LogP contribution < -0.4 is 0 Å². The van der Waals surface area contributed by atoms with Crippen molar-refractivity contribution >= 4 is 64.4 Å². The molecule has 0 spiro atoms. The average molecular weight is 633 g/mol. The quantitative estimate of drug-likeness (QED) is 0.193. The molecular weight excluding hydrogens is 609 g/mol. The lowest BCUT2D eigenvalue weighted by Gasteiger charge is -2.10. The zero-order chi connectivity index (χ0) is 31.6. The summed E-state index contributed by atoms with van der Waals surface area (Å²) < 4.78 is 8.59. The highest BCUT2D eigenvalue weighted by molar-refractivity contribution is 7.26. The molecular formula is C42H24N4OS. The van der Waals surface area contributed by atoms with Crippen molar-refractivity contribution in [2.45, 2.75) is 0 Å². The lowest BCUT2D eigenvalue weighted by atomic mass is 10.0. The van der Waals surface area contributed by atoms with Crippen LogP contribution in [0.15, 0.2) is 150 Å². The highest BCUT2D eigenvalue weighted by Gasteiger charge is 2.19. The van der Waals surface area contributed by atoms with Crippen molar-refractivity contribution in [3.63, 3.8) is 0 Å². The molecule has 48 heavy (non-hydrogen) atoms. The molecule has 0 aliphatic carbocycles. The number of nitrogens with zero attached hydrogens (tertiary/aromatic N) is 4. The Labute approximate surface area is 278 Å². The van der Waals surface area contributed by atoms with E-state index in [-0.39, 0.29) is 0 Å². The molecule has 10 rings (SSSR count). The van der Waals surface area contributed by atoms with Crippen LogP contribution in [0.4, 0.5) is 0 Å². The smallest absolute Gasteiger partial charge is 0.227 e. The molecule has 5 nitrogen and oxygen atoms in total. The van der Waals surface area contributed by atoms with E-state index in [1.807, 2.05) is 12.1 Å². The lowest BCUT2D eigenvalue weighted by Crippen LogP contribution is -2.00. The molecule has 0 saturated carbocycles. The van der Waals surface area contributed by atoms with Crippen molar-refractivity contribution in [2.75, 3.05) is 0 Å². The van der Waals surface area contributed by atoms with E-state index in [2.05, 4.69) is 127 Å². The summed E-state index contributed by atoms with van der Waals surface area (Å²) in [7, 11) is 0. The zero-order valence-electron chi connectivity index (χ0n) is 25.5. The first-order valence-corrected chi connectivity index (χ1v) is 16.6. The van der Waals surface area contributed by atoms with Gasteiger partial charge in [0.1, 0.15) is 5.58 Å². The Kier molecular flexibility index (Phi) is 5.98. The molecule has 0 amide bonds. The minimum atomic E-state index is 0.559. The van der Waals surface area contributed by atoms with E-state index in [1.54, 1.807) is 17.5 Å². The van der Waals surface area contributed by atoms with Gasteiger partial charge in [-0.1, -0.05) is 115 Å². The van der Waals surface area contributed by atoms with Gasteiger partial charge >= 0.3 is 0 Å². The molecule has 6 aromatic carbocycles. The summed E-state index contributed by atoms with van der Waals surface area (Å²) in [6.07, 6.45) is 1.80. The normalized spacial score (nSPS) is 11.8. The third-order valence-electron chi connectivity index (χ3n) is 9.01. The summed E-state index contributed by atoms with van der Waals surface area (Å²) in [4.78, 5) is 20.1. The molecule has 4 aromatic heterocycles. The molecule has 0 radical (unpaired) electrons. The first-order chi connectivity index (χ1) is 23.8. The Morgan fingerprint density at radius 2 is 1.17 bits per heavy atom. The number of thiophene rings is 1. The van der Waals surface area contributed by atoms with Crippen LogP contribution in [-0.4, -0.2) is 19.9 Å². The van der Waals surface area contributed by atoms with Gasteiger partial charge in [0.05, 0.1) is 0 Å². The number of aromatic nitrogens is 4. The van der Waals surface area contributed by atoms with Crippen molar-refractivity contribution in [3.8, 4) is 45.3 Å². The Balaban J connectivity index is 1.19. The fraction of sp³-hybridized carbons (Fsp3) is 0. The Morgan fingerprint density at radius 3 is 2.04 bits per heavy atom. The van der Waals surface area contributed by atoms with Crippen molar-refractivity contribution in [3.05, 3.63) is 146 Å². The molecule has 10 aromatic rings. The molecule has 0 bridgehead atoms. The molecule has 0 saturated heterocycles. The molecule has 0 fully saturated rings. The second kappa shape index (κ2) is 10.7. The number of benzene rings is 6. The molecule has 0 aliphatic rings. The van der Waals surface area contributed by atoms with Gasteiger partial charge in [0.2, 0.25) is 5.71 Å². The van der Waals surface area contributed by atoms with Crippen LogP contribution >= 0.6 is 11.3 Å². The molecule has 0 atom stereocenters. The van der Waals surface area contributed by atoms with Gasteiger partial charge in [-0.15, -0.1) is 11.3 Å². The van der Waals surface area contributed by atoms with Crippen LogP contribution in [0.1, 0.15) is 0 Å². The van der Waals surface area contributed by atoms with E-state index < -0.39 is 0 Å². The number of hydrogen-bond donors (Lipinski definition) is 0.